The highest BCUT2D eigenvalue weighted by molar-refractivity contribution is 7.47. The minimum Gasteiger partial charge on any atom is -0.463 e. The zero-order valence-electron chi connectivity index (χ0n) is 21.7. The van der Waals surface area contributed by atoms with Crippen molar-refractivity contribution >= 4 is 25.3 Å². The highest BCUT2D eigenvalue weighted by Gasteiger charge is 2.37. The summed E-state index contributed by atoms with van der Waals surface area (Å²) in [7, 11) is -4.14. The molecular weight excluding hydrogens is 503 g/mol. The van der Waals surface area contributed by atoms with E-state index < -0.39 is 13.4 Å². The normalized spacial score (nSPS) is 25.8. The van der Waals surface area contributed by atoms with Crippen molar-refractivity contribution < 1.29 is 23.2 Å². The van der Waals surface area contributed by atoms with Crippen molar-refractivity contribution in [3.63, 3.8) is 0 Å². The van der Waals surface area contributed by atoms with Crippen LogP contribution < -0.4 is 4.74 Å². The predicted molar refractivity (Wildman–Crippen MR) is 145 cm³/mol. The van der Waals surface area contributed by atoms with Gasteiger partial charge in [0.25, 0.3) is 0 Å². The number of rotatable bonds is 8. The van der Waals surface area contributed by atoms with Crippen LogP contribution in [0.15, 0.2) is 66.2 Å². The molecule has 0 bridgehead atoms. The van der Waals surface area contributed by atoms with Crippen LogP contribution in [0.3, 0.4) is 0 Å². The first kappa shape index (κ1) is 26.6. The SMILES string of the molecule is C=Cc1ncnc2c1N=C(C1=CCC(C3CCC(OP(=O)(O)OCc4cccnc4)CC3)C=C1)C(C)(C)O2. The van der Waals surface area contributed by atoms with Gasteiger partial charge >= 0.3 is 7.82 Å². The summed E-state index contributed by atoms with van der Waals surface area (Å²) in [6.45, 7) is 7.80. The van der Waals surface area contributed by atoms with Crippen molar-refractivity contribution in [3.8, 4) is 5.88 Å². The van der Waals surface area contributed by atoms with Gasteiger partial charge in [0.2, 0.25) is 5.88 Å². The van der Waals surface area contributed by atoms with Gasteiger partial charge in [0.15, 0.2) is 5.69 Å². The average Bonchev–Trinajstić information content (AvgIpc) is 2.92. The Labute approximate surface area is 223 Å². The molecule has 0 saturated heterocycles. The highest BCUT2D eigenvalue weighted by atomic mass is 31.2. The first-order valence-electron chi connectivity index (χ1n) is 12.9. The first-order valence-corrected chi connectivity index (χ1v) is 14.4. The van der Waals surface area contributed by atoms with Gasteiger partial charge in [-0.3, -0.25) is 14.0 Å². The minimum absolute atomic E-state index is 0.0147. The molecule has 0 spiro atoms. The number of nitrogens with zero attached hydrogens (tertiary/aromatic N) is 4. The number of aliphatic imine (C=N–C) groups is 1. The van der Waals surface area contributed by atoms with Gasteiger partial charge in [0, 0.05) is 12.4 Å². The Kier molecular flexibility index (Phi) is 7.73. The quantitative estimate of drug-likeness (QED) is 0.399. The lowest BCUT2D eigenvalue weighted by Crippen LogP contribution is -2.41. The summed E-state index contributed by atoms with van der Waals surface area (Å²) in [5.41, 5.74) is 3.24. The number of hydrogen-bond donors (Lipinski definition) is 1. The smallest absolute Gasteiger partial charge is 0.463 e. The lowest BCUT2D eigenvalue weighted by atomic mass is 9.75. The molecule has 3 heterocycles. The Balaban J connectivity index is 1.16. The Hall–Kier alpha value is -2.97. The van der Waals surface area contributed by atoms with Crippen LogP contribution in [0.1, 0.15) is 57.2 Å². The molecular formula is C28H33N4O5P. The highest BCUT2D eigenvalue weighted by Crippen LogP contribution is 2.49. The van der Waals surface area contributed by atoms with Crippen LogP contribution in [0.25, 0.3) is 6.08 Å². The third-order valence-electron chi connectivity index (χ3n) is 7.29. The Morgan fingerprint density at radius 3 is 2.76 bits per heavy atom. The summed E-state index contributed by atoms with van der Waals surface area (Å²) in [6, 6.07) is 3.54. The van der Waals surface area contributed by atoms with Crippen molar-refractivity contribution in [3.05, 3.63) is 72.5 Å². The molecule has 1 fully saturated rings. The summed E-state index contributed by atoms with van der Waals surface area (Å²) in [6.07, 6.45) is 16.9. The maximum atomic E-state index is 12.4. The third kappa shape index (κ3) is 6.02. The van der Waals surface area contributed by atoms with E-state index in [1.165, 1.54) is 6.33 Å². The van der Waals surface area contributed by atoms with E-state index in [9.17, 15) is 9.46 Å². The molecule has 5 rings (SSSR count). The fourth-order valence-electron chi connectivity index (χ4n) is 5.30. The summed E-state index contributed by atoms with van der Waals surface area (Å²) < 4.78 is 29.3. The van der Waals surface area contributed by atoms with E-state index in [0.29, 0.717) is 29.1 Å². The monoisotopic (exact) mass is 536 g/mol. The van der Waals surface area contributed by atoms with E-state index in [2.05, 4.69) is 39.8 Å². The second-order valence-electron chi connectivity index (χ2n) is 10.4. The van der Waals surface area contributed by atoms with Gasteiger partial charge in [-0.1, -0.05) is 30.9 Å². The van der Waals surface area contributed by atoms with E-state index in [0.717, 1.165) is 49.0 Å². The van der Waals surface area contributed by atoms with Crippen LogP contribution in [-0.2, 0) is 20.2 Å². The minimum atomic E-state index is -4.14. The van der Waals surface area contributed by atoms with Crippen LogP contribution in [0.2, 0.25) is 0 Å². The Bertz CT molecular complexity index is 1320. The van der Waals surface area contributed by atoms with E-state index in [1.807, 2.05) is 13.8 Å². The molecule has 38 heavy (non-hydrogen) atoms. The second-order valence-corrected chi connectivity index (χ2v) is 11.8. The first-order chi connectivity index (χ1) is 18.2. The number of pyridine rings is 1. The lowest BCUT2D eigenvalue weighted by molar-refractivity contribution is 0.0634. The van der Waals surface area contributed by atoms with Gasteiger partial charge in [0.1, 0.15) is 11.9 Å². The molecule has 2 unspecified atom stereocenters. The van der Waals surface area contributed by atoms with Crippen molar-refractivity contribution in [2.75, 3.05) is 0 Å². The maximum absolute atomic E-state index is 12.4. The van der Waals surface area contributed by atoms with Crippen LogP contribution in [0.4, 0.5) is 5.69 Å². The molecule has 1 saturated carbocycles. The van der Waals surface area contributed by atoms with Gasteiger partial charge in [-0.05, 0) is 81.1 Å². The fourth-order valence-corrected chi connectivity index (χ4v) is 6.26. The summed E-state index contributed by atoms with van der Waals surface area (Å²) in [5, 5.41) is 0. The maximum Gasteiger partial charge on any atom is 0.472 e. The molecule has 10 heteroatoms. The molecule has 200 valence electrons. The number of ether oxygens (including phenoxy) is 1. The summed E-state index contributed by atoms with van der Waals surface area (Å²) in [4.78, 5) is 27.6. The predicted octanol–water partition coefficient (Wildman–Crippen LogP) is 6.15. The second kappa shape index (κ2) is 11.0. The number of allylic oxidation sites excluding steroid dienone is 3. The molecule has 0 amide bonds. The number of fused-ring (bicyclic) bond motifs is 1. The Morgan fingerprint density at radius 1 is 1.26 bits per heavy atom. The van der Waals surface area contributed by atoms with Gasteiger partial charge in [-0.25, -0.2) is 14.5 Å². The molecule has 1 N–H and O–H groups in total. The molecule has 9 nitrogen and oxygen atoms in total. The molecule has 1 aliphatic heterocycles. The molecule has 2 atom stereocenters. The van der Waals surface area contributed by atoms with Crippen molar-refractivity contribution in [2.45, 2.75) is 64.3 Å². The standard InChI is InChI=1S/C28H33N4O5P/c1-4-24-25-27(31-18-30-24)36-28(2,3)26(32-25)22-9-7-20(8-10-22)21-11-13-23(14-12-21)37-38(33,34)35-17-19-6-5-15-29-16-19/h4-7,9-10,15-16,18,20-21,23H,1,8,11-14,17H2,2-3H3,(H,33,34). The molecule has 0 aromatic carbocycles. The summed E-state index contributed by atoms with van der Waals surface area (Å²) >= 11 is 0. The fraction of sp³-hybridized carbons (Fsp3) is 0.429. The largest absolute Gasteiger partial charge is 0.472 e. The zero-order valence-corrected chi connectivity index (χ0v) is 22.6. The van der Waals surface area contributed by atoms with E-state index in [4.69, 9.17) is 18.8 Å². The average molecular weight is 537 g/mol. The van der Waals surface area contributed by atoms with Crippen LogP contribution in [0, 0.1) is 11.8 Å². The Morgan fingerprint density at radius 2 is 2.08 bits per heavy atom. The van der Waals surface area contributed by atoms with Gasteiger partial charge in [0.05, 0.1) is 24.1 Å². The van der Waals surface area contributed by atoms with E-state index >= 15 is 0 Å². The molecule has 0 radical (unpaired) electrons. The van der Waals surface area contributed by atoms with Gasteiger partial charge in [-0.15, -0.1) is 0 Å². The summed E-state index contributed by atoms with van der Waals surface area (Å²) in [5.74, 6) is 1.35. The lowest BCUT2D eigenvalue weighted by Gasteiger charge is -2.35. The molecule has 2 aromatic heterocycles. The third-order valence-corrected chi connectivity index (χ3v) is 8.31. The molecule has 3 aliphatic rings. The number of phosphoric ester groups is 1. The van der Waals surface area contributed by atoms with Crippen molar-refractivity contribution in [1.29, 1.82) is 0 Å². The number of aromatic nitrogens is 3. The van der Waals surface area contributed by atoms with Crippen LogP contribution >= 0.6 is 7.82 Å². The van der Waals surface area contributed by atoms with E-state index in [1.54, 1.807) is 30.6 Å². The molecule has 2 aliphatic carbocycles. The van der Waals surface area contributed by atoms with Crippen molar-refractivity contribution in [2.24, 2.45) is 16.8 Å². The van der Waals surface area contributed by atoms with Crippen molar-refractivity contribution in [1.82, 2.24) is 15.0 Å². The number of hydrogen-bond acceptors (Lipinski definition) is 8. The molecule has 2 aromatic rings. The van der Waals surface area contributed by atoms with Gasteiger partial charge in [-0.2, -0.15) is 4.98 Å². The number of phosphoric acid groups is 1. The van der Waals surface area contributed by atoms with Crippen LogP contribution in [0.5, 0.6) is 5.88 Å². The van der Waals surface area contributed by atoms with E-state index in [-0.39, 0.29) is 12.7 Å². The van der Waals surface area contributed by atoms with Crippen LogP contribution in [-0.4, -0.2) is 37.3 Å². The van der Waals surface area contributed by atoms with Gasteiger partial charge < -0.3 is 9.63 Å². The zero-order chi connectivity index (χ0) is 26.8. The topological polar surface area (TPSA) is 116 Å².